The van der Waals surface area contributed by atoms with Crippen molar-refractivity contribution in [2.75, 3.05) is 7.11 Å². The molecule has 0 radical (unpaired) electrons. The smallest absolute Gasteiger partial charge is 0.348 e. The molecule has 1 atom stereocenters. The molecule has 0 N–H and O–H groups in total. The summed E-state index contributed by atoms with van der Waals surface area (Å²) in [7, 11) is 1.37. The summed E-state index contributed by atoms with van der Waals surface area (Å²) in [6, 6.07) is -0.204. The third kappa shape index (κ3) is 2.61. The Morgan fingerprint density at radius 2 is 2.04 bits per heavy atom. The normalized spacial score (nSPS) is 12.8. The predicted octanol–water partition coefficient (Wildman–Crippen LogP) is 3.51. The zero-order chi connectivity index (χ0) is 19.5. The molecule has 4 aromatic heterocycles. The van der Waals surface area contributed by atoms with Crippen LogP contribution in [0.2, 0.25) is 5.02 Å². The van der Waals surface area contributed by atoms with Gasteiger partial charge in [0.1, 0.15) is 22.1 Å². The van der Waals surface area contributed by atoms with E-state index in [0.29, 0.717) is 21.4 Å². The van der Waals surface area contributed by atoms with Gasteiger partial charge < -0.3 is 4.74 Å². The fourth-order valence-corrected chi connectivity index (χ4v) is 4.33. The molecule has 4 aromatic rings. The van der Waals surface area contributed by atoms with E-state index in [9.17, 15) is 4.79 Å². The van der Waals surface area contributed by atoms with E-state index >= 15 is 0 Å². The summed E-state index contributed by atoms with van der Waals surface area (Å²) in [5, 5.41) is 10.5. The number of rotatable bonds is 3. The second-order valence-electron chi connectivity index (χ2n) is 6.32. The highest BCUT2D eigenvalue weighted by Gasteiger charge is 2.23. The van der Waals surface area contributed by atoms with Gasteiger partial charge in [-0.2, -0.15) is 5.10 Å². The van der Waals surface area contributed by atoms with Crippen LogP contribution in [0.1, 0.15) is 45.4 Å². The molecule has 0 aliphatic rings. The molecule has 0 spiro atoms. The molecule has 4 rings (SSSR count). The number of ether oxygens (including phenoxy) is 1. The Kier molecular flexibility index (Phi) is 4.15. The van der Waals surface area contributed by atoms with Crippen LogP contribution in [0, 0.1) is 20.8 Å². The minimum absolute atomic E-state index is 0.204. The summed E-state index contributed by atoms with van der Waals surface area (Å²) in [4.78, 5) is 22.4. The molecule has 0 unspecified atom stereocenters. The molecule has 0 aliphatic heterocycles. The Morgan fingerprint density at radius 1 is 1.30 bits per heavy atom. The van der Waals surface area contributed by atoms with Crippen LogP contribution in [-0.4, -0.2) is 42.4 Å². The zero-order valence-electron chi connectivity index (χ0n) is 15.4. The van der Waals surface area contributed by atoms with Crippen LogP contribution in [0.25, 0.3) is 15.9 Å². The molecule has 0 fully saturated rings. The number of aromatic nitrogens is 6. The molecular weight excluding hydrogens is 388 g/mol. The minimum atomic E-state index is -0.376. The van der Waals surface area contributed by atoms with E-state index in [4.69, 9.17) is 21.3 Å². The summed E-state index contributed by atoms with van der Waals surface area (Å²) >= 11 is 7.56. The summed E-state index contributed by atoms with van der Waals surface area (Å²) in [5.74, 6) is 0.218. The predicted molar refractivity (Wildman–Crippen MR) is 103 cm³/mol. The zero-order valence-corrected chi connectivity index (χ0v) is 17.0. The number of methoxy groups -OCH3 is 1. The molecule has 27 heavy (non-hydrogen) atoms. The lowest BCUT2D eigenvalue weighted by Gasteiger charge is -2.10. The van der Waals surface area contributed by atoms with Gasteiger partial charge in [-0.15, -0.1) is 16.4 Å². The van der Waals surface area contributed by atoms with Crippen LogP contribution in [0.4, 0.5) is 0 Å². The average Bonchev–Trinajstić information content (AvgIpc) is 3.31. The maximum atomic E-state index is 12.0. The first-order valence-corrected chi connectivity index (χ1v) is 9.46. The van der Waals surface area contributed by atoms with E-state index < -0.39 is 0 Å². The van der Waals surface area contributed by atoms with Gasteiger partial charge in [0, 0.05) is 0 Å². The minimum Gasteiger partial charge on any atom is -0.465 e. The summed E-state index contributed by atoms with van der Waals surface area (Å²) in [5.41, 5.74) is 3.08. The molecule has 10 heteroatoms. The molecule has 0 aromatic carbocycles. The van der Waals surface area contributed by atoms with Gasteiger partial charge in [0.2, 0.25) is 0 Å². The first-order valence-electron chi connectivity index (χ1n) is 8.27. The molecule has 0 saturated carbocycles. The Bertz CT molecular complexity index is 1210. The number of carbonyl (C=O) groups excluding carboxylic acids is 1. The maximum absolute atomic E-state index is 12.0. The number of fused-ring (bicyclic) bond motifs is 3. The van der Waals surface area contributed by atoms with Crippen LogP contribution >= 0.6 is 22.9 Å². The van der Waals surface area contributed by atoms with Crippen molar-refractivity contribution < 1.29 is 9.53 Å². The van der Waals surface area contributed by atoms with Crippen LogP contribution in [0.15, 0.2) is 6.33 Å². The van der Waals surface area contributed by atoms with Gasteiger partial charge in [0.05, 0.1) is 28.9 Å². The number of aryl methyl sites for hydroxylation is 2. The number of esters is 1. The molecule has 4 heterocycles. The van der Waals surface area contributed by atoms with Crippen molar-refractivity contribution in [2.24, 2.45) is 0 Å². The third-order valence-electron chi connectivity index (χ3n) is 4.63. The topological polar surface area (TPSA) is 87.2 Å². The van der Waals surface area contributed by atoms with E-state index in [1.807, 2.05) is 32.4 Å². The Balaban J connectivity index is 1.89. The second-order valence-corrected chi connectivity index (χ2v) is 7.69. The molecule has 0 saturated heterocycles. The number of nitrogens with zero attached hydrogens (tertiary/aromatic N) is 6. The fourth-order valence-electron chi connectivity index (χ4n) is 3.14. The Labute approximate surface area is 163 Å². The summed E-state index contributed by atoms with van der Waals surface area (Å²) in [6.07, 6.45) is 1.60. The first kappa shape index (κ1) is 17.9. The van der Waals surface area contributed by atoms with Gasteiger partial charge in [0.15, 0.2) is 11.5 Å². The molecule has 0 amide bonds. The Morgan fingerprint density at radius 3 is 2.67 bits per heavy atom. The summed E-state index contributed by atoms with van der Waals surface area (Å²) in [6.45, 7) is 7.62. The largest absolute Gasteiger partial charge is 0.465 e. The van der Waals surface area contributed by atoms with Crippen molar-refractivity contribution in [3.63, 3.8) is 0 Å². The van der Waals surface area contributed by atoms with Gasteiger partial charge in [0.25, 0.3) is 0 Å². The van der Waals surface area contributed by atoms with Gasteiger partial charge >= 0.3 is 5.97 Å². The standard InChI is InChI=1S/C17H17ClN6O2S/c1-7-11-15-20-14(10(4)24-9(3)12(18)8(2)21-24)22-23(15)6-19-16(11)27-13(7)17(25)26-5/h6,10H,1-5H3/t10-/m0/s1. The fraction of sp³-hybridized carbons (Fsp3) is 0.353. The quantitative estimate of drug-likeness (QED) is 0.485. The van der Waals surface area contributed by atoms with Crippen molar-refractivity contribution in [2.45, 2.75) is 33.7 Å². The van der Waals surface area contributed by atoms with E-state index in [1.165, 1.54) is 18.4 Å². The van der Waals surface area contributed by atoms with Crippen molar-refractivity contribution in [1.29, 1.82) is 0 Å². The SMILES string of the molecule is COC(=O)c1sc2ncn3nc([C@H](C)n4nc(C)c(Cl)c4C)nc3c2c1C. The van der Waals surface area contributed by atoms with Crippen LogP contribution < -0.4 is 0 Å². The molecular formula is C17H17ClN6O2S. The van der Waals surface area contributed by atoms with Crippen LogP contribution in [0.3, 0.4) is 0 Å². The van der Waals surface area contributed by atoms with Gasteiger partial charge in [-0.3, -0.25) is 4.68 Å². The van der Waals surface area contributed by atoms with E-state index in [1.54, 1.807) is 10.8 Å². The van der Waals surface area contributed by atoms with Gasteiger partial charge in [-0.05, 0) is 33.3 Å². The van der Waals surface area contributed by atoms with Crippen molar-refractivity contribution in [3.05, 3.63) is 39.0 Å². The number of halogens is 1. The average molecular weight is 405 g/mol. The molecule has 0 bridgehead atoms. The van der Waals surface area contributed by atoms with Crippen molar-refractivity contribution >= 4 is 44.8 Å². The highest BCUT2D eigenvalue weighted by Crippen LogP contribution is 2.33. The lowest BCUT2D eigenvalue weighted by molar-refractivity contribution is 0.0605. The van der Waals surface area contributed by atoms with E-state index in [0.717, 1.165) is 27.2 Å². The third-order valence-corrected chi connectivity index (χ3v) is 6.36. The number of hydrogen-bond acceptors (Lipinski definition) is 7. The number of carbonyl (C=O) groups is 1. The first-order chi connectivity index (χ1) is 12.8. The van der Waals surface area contributed by atoms with Gasteiger partial charge in [-0.1, -0.05) is 11.6 Å². The number of thiophene rings is 1. The maximum Gasteiger partial charge on any atom is 0.348 e. The van der Waals surface area contributed by atoms with Crippen molar-refractivity contribution in [3.8, 4) is 0 Å². The monoisotopic (exact) mass is 404 g/mol. The van der Waals surface area contributed by atoms with Gasteiger partial charge in [-0.25, -0.2) is 19.3 Å². The number of hydrogen-bond donors (Lipinski definition) is 0. The molecule has 0 aliphatic carbocycles. The lowest BCUT2D eigenvalue weighted by Crippen LogP contribution is -2.12. The lowest BCUT2D eigenvalue weighted by atomic mass is 10.2. The highest BCUT2D eigenvalue weighted by atomic mass is 35.5. The molecule has 8 nitrogen and oxygen atoms in total. The highest BCUT2D eigenvalue weighted by molar-refractivity contribution is 7.20. The summed E-state index contributed by atoms with van der Waals surface area (Å²) < 4.78 is 8.31. The van der Waals surface area contributed by atoms with E-state index in [-0.39, 0.29) is 12.0 Å². The van der Waals surface area contributed by atoms with Crippen molar-refractivity contribution in [1.82, 2.24) is 29.4 Å². The molecule has 140 valence electrons. The van der Waals surface area contributed by atoms with Crippen LogP contribution in [0.5, 0.6) is 0 Å². The van der Waals surface area contributed by atoms with Crippen LogP contribution in [-0.2, 0) is 4.74 Å². The van der Waals surface area contributed by atoms with E-state index in [2.05, 4.69) is 15.2 Å². The Hall–Kier alpha value is -2.52. The second kappa shape index (κ2) is 6.28.